The molecule has 0 aliphatic carbocycles. The van der Waals surface area contributed by atoms with Crippen LogP contribution in [-0.2, 0) is 26.2 Å². The van der Waals surface area contributed by atoms with Crippen LogP contribution in [0.5, 0.6) is 0 Å². The molecule has 6 aromatic rings. The van der Waals surface area contributed by atoms with Gasteiger partial charge in [-0.1, -0.05) is 64.1 Å². The van der Waals surface area contributed by atoms with E-state index in [0.29, 0.717) is 11.8 Å². The zero-order chi connectivity index (χ0) is 29.1. The lowest BCUT2D eigenvalue weighted by Gasteiger charge is -2.13. The maximum atomic E-state index is 4.81. The van der Waals surface area contributed by atoms with Crippen LogP contribution >= 0.6 is 0 Å². The molecular weight excluding hydrogens is 516 g/mol. The van der Waals surface area contributed by atoms with Crippen LogP contribution in [0, 0.1) is 11.8 Å². The van der Waals surface area contributed by atoms with E-state index in [1.807, 2.05) is 12.4 Å². The third kappa shape index (κ3) is 5.66. The van der Waals surface area contributed by atoms with Gasteiger partial charge in [0.15, 0.2) is 0 Å². The van der Waals surface area contributed by atoms with Crippen molar-refractivity contribution in [3.8, 4) is 0 Å². The third-order valence-corrected chi connectivity index (χ3v) is 8.15. The van der Waals surface area contributed by atoms with Gasteiger partial charge in [-0.15, -0.1) is 0 Å². The summed E-state index contributed by atoms with van der Waals surface area (Å²) >= 11 is 0. The van der Waals surface area contributed by atoms with E-state index in [9.17, 15) is 0 Å². The van der Waals surface area contributed by atoms with Crippen LogP contribution in [0.25, 0.3) is 43.6 Å². The van der Waals surface area contributed by atoms with Crippen LogP contribution in [0.2, 0.25) is 0 Å². The first kappa shape index (κ1) is 28.4. The molecule has 0 saturated carbocycles. The molecule has 0 spiro atoms. The number of para-hydroxylation sites is 2. The Morgan fingerprint density at radius 2 is 1.00 bits per heavy atom. The summed E-state index contributed by atoms with van der Waals surface area (Å²) in [6.07, 6.45) is 6.15. The van der Waals surface area contributed by atoms with E-state index < -0.39 is 0 Å². The van der Waals surface area contributed by atoms with Gasteiger partial charge in [-0.2, -0.15) is 0 Å². The Hall–Kier alpha value is -3.74. The summed E-state index contributed by atoms with van der Waals surface area (Å²) in [6, 6.07) is 21.8. The van der Waals surface area contributed by atoms with E-state index in [2.05, 4.69) is 108 Å². The fraction of sp³-hybridized carbons (Fsp3) is 0.389. The van der Waals surface area contributed by atoms with E-state index in [4.69, 9.17) is 9.97 Å². The molecule has 6 nitrogen and oxygen atoms in total. The minimum absolute atomic E-state index is 0.568. The first-order chi connectivity index (χ1) is 20.5. The molecule has 4 heterocycles. The number of rotatable bonds is 13. The maximum absolute atomic E-state index is 4.81. The van der Waals surface area contributed by atoms with Crippen molar-refractivity contribution in [1.82, 2.24) is 29.7 Å². The number of hydrogen-bond acceptors (Lipinski definition) is 4. The van der Waals surface area contributed by atoms with Gasteiger partial charge in [0.1, 0.15) is 0 Å². The molecule has 0 amide bonds. The average molecular weight is 561 g/mol. The zero-order valence-electron chi connectivity index (χ0n) is 25.5. The Labute approximate surface area is 249 Å². The average Bonchev–Trinajstić information content (AvgIpc) is 3.48. The molecule has 6 heteroatoms. The van der Waals surface area contributed by atoms with Crippen molar-refractivity contribution in [1.29, 1.82) is 0 Å². The number of nitrogens with zero attached hydrogens (tertiary/aromatic N) is 4. The highest BCUT2D eigenvalue weighted by Crippen LogP contribution is 2.32. The van der Waals surface area contributed by atoms with E-state index in [-0.39, 0.29) is 0 Å². The van der Waals surface area contributed by atoms with Crippen molar-refractivity contribution in [2.24, 2.45) is 11.8 Å². The second kappa shape index (κ2) is 12.6. The Balaban J connectivity index is 1.06. The molecule has 0 fully saturated rings. The Morgan fingerprint density at radius 1 is 0.571 bits per heavy atom. The third-order valence-electron chi connectivity index (χ3n) is 8.15. The molecule has 0 bridgehead atoms. The Morgan fingerprint density at radius 3 is 1.43 bits per heavy atom. The summed E-state index contributed by atoms with van der Waals surface area (Å²) in [5.74, 6) is 1.14. The molecule has 0 unspecified atom stereocenters. The van der Waals surface area contributed by atoms with Gasteiger partial charge >= 0.3 is 0 Å². The van der Waals surface area contributed by atoms with Crippen molar-refractivity contribution in [3.05, 3.63) is 84.4 Å². The van der Waals surface area contributed by atoms with Crippen molar-refractivity contribution in [2.75, 3.05) is 13.1 Å². The van der Waals surface area contributed by atoms with Crippen LogP contribution in [0.15, 0.2) is 73.1 Å². The summed E-state index contributed by atoms with van der Waals surface area (Å²) in [7, 11) is 0. The van der Waals surface area contributed by atoms with Crippen LogP contribution < -0.4 is 10.6 Å². The summed E-state index contributed by atoms with van der Waals surface area (Å²) in [6.45, 7) is 14.6. The molecule has 0 radical (unpaired) electrons. The summed E-state index contributed by atoms with van der Waals surface area (Å²) in [5.41, 5.74) is 7.43. The fourth-order valence-corrected chi connectivity index (χ4v) is 6.43. The highest BCUT2D eigenvalue weighted by molar-refractivity contribution is 6.09. The predicted octanol–water partition coefficient (Wildman–Crippen LogP) is 7.66. The molecule has 218 valence electrons. The molecule has 4 aromatic heterocycles. The molecule has 42 heavy (non-hydrogen) atoms. The van der Waals surface area contributed by atoms with Gasteiger partial charge in [0.25, 0.3) is 0 Å². The molecule has 0 aliphatic heterocycles. The van der Waals surface area contributed by atoms with Gasteiger partial charge < -0.3 is 19.8 Å². The lowest BCUT2D eigenvalue weighted by atomic mass is 10.1. The van der Waals surface area contributed by atoms with Crippen molar-refractivity contribution in [2.45, 2.75) is 66.7 Å². The number of benzene rings is 2. The quantitative estimate of drug-likeness (QED) is 0.142. The minimum Gasteiger partial charge on any atom is -0.339 e. The highest BCUT2D eigenvalue weighted by Gasteiger charge is 2.16. The SMILES string of the molecule is CC(C)Cn1c2ccccc2c2ccnc(CNCCCCNCc3nccc4c5ccccc5n(CC(C)C)c34)c21. The maximum Gasteiger partial charge on any atom is 0.0784 e. The van der Waals surface area contributed by atoms with E-state index >= 15 is 0 Å². The van der Waals surface area contributed by atoms with Crippen molar-refractivity contribution in [3.63, 3.8) is 0 Å². The fourth-order valence-electron chi connectivity index (χ4n) is 6.43. The predicted molar refractivity (Wildman–Crippen MR) is 177 cm³/mol. The van der Waals surface area contributed by atoms with Crippen molar-refractivity contribution >= 4 is 43.6 Å². The molecular formula is C36H44N6. The molecule has 2 aromatic carbocycles. The highest BCUT2D eigenvalue weighted by atomic mass is 15.0. The number of hydrogen-bond donors (Lipinski definition) is 2. The lowest BCUT2D eigenvalue weighted by molar-refractivity contribution is 0.541. The van der Waals surface area contributed by atoms with Crippen LogP contribution in [-0.4, -0.2) is 32.2 Å². The van der Waals surface area contributed by atoms with Gasteiger partial charge in [-0.3, -0.25) is 9.97 Å². The molecule has 2 N–H and O–H groups in total. The van der Waals surface area contributed by atoms with E-state index in [1.165, 1.54) is 43.6 Å². The van der Waals surface area contributed by atoms with Gasteiger partial charge in [0.2, 0.25) is 0 Å². The number of unbranched alkanes of at least 4 members (excludes halogenated alkanes) is 1. The normalized spacial score (nSPS) is 12.2. The summed E-state index contributed by atoms with van der Waals surface area (Å²) in [4.78, 5) is 9.62. The van der Waals surface area contributed by atoms with E-state index in [0.717, 1.165) is 63.5 Å². The number of aromatic nitrogens is 4. The summed E-state index contributed by atoms with van der Waals surface area (Å²) < 4.78 is 4.94. The number of pyridine rings is 2. The van der Waals surface area contributed by atoms with Gasteiger partial charge in [-0.25, -0.2) is 0 Å². The minimum atomic E-state index is 0.568. The topological polar surface area (TPSA) is 59.7 Å². The second-order valence-corrected chi connectivity index (χ2v) is 12.4. The second-order valence-electron chi connectivity index (χ2n) is 12.4. The Kier molecular flexibility index (Phi) is 8.54. The number of nitrogens with one attached hydrogen (secondary N) is 2. The number of fused-ring (bicyclic) bond motifs is 6. The zero-order valence-corrected chi connectivity index (χ0v) is 25.5. The van der Waals surface area contributed by atoms with Crippen molar-refractivity contribution < 1.29 is 0 Å². The first-order valence-electron chi connectivity index (χ1n) is 15.6. The van der Waals surface area contributed by atoms with E-state index in [1.54, 1.807) is 0 Å². The molecule has 0 aliphatic rings. The van der Waals surface area contributed by atoms with Crippen LogP contribution in [0.3, 0.4) is 0 Å². The van der Waals surface area contributed by atoms with Crippen LogP contribution in [0.1, 0.15) is 51.9 Å². The lowest BCUT2D eigenvalue weighted by Crippen LogP contribution is -2.20. The Bertz CT molecular complexity index is 1670. The standard InChI is InChI=1S/C36H44N6/c1-25(2)23-41-33-13-7-5-11-27(33)29-15-19-39-31(35(29)41)21-37-17-9-10-18-38-22-32-36-30(16-20-40-32)28-12-6-8-14-34(28)42(36)24-26(3)4/h5-8,11-16,19-20,25-26,37-38H,9-10,17-18,21-24H2,1-4H3. The molecule has 0 saturated heterocycles. The largest absolute Gasteiger partial charge is 0.339 e. The van der Waals surface area contributed by atoms with Crippen LogP contribution in [0.4, 0.5) is 0 Å². The van der Waals surface area contributed by atoms with Gasteiger partial charge in [0, 0.05) is 71.2 Å². The smallest absolute Gasteiger partial charge is 0.0784 e. The molecule has 6 rings (SSSR count). The first-order valence-corrected chi connectivity index (χ1v) is 15.6. The van der Waals surface area contributed by atoms with Gasteiger partial charge in [0.05, 0.1) is 22.4 Å². The molecule has 0 atom stereocenters. The monoisotopic (exact) mass is 560 g/mol. The summed E-state index contributed by atoms with van der Waals surface area (Å²) in [5, 5.41) is 12.6. The van der Waals surface area contributed by atoms with Gasteiger partial charge in [-0.05, 0) is 62.0 Å².